The number of hydrogen-bond donors (Lipinski definition) is 1. The molecule has 20 heavy (non-hydrogen) atoms. The van der Waals surface area contributed by atoms with Crippen LogP contribution in [-0.2, 0) is 14.3 Å². The third-order valence-electron chi connectivity index (χ3n) is 2.03. The molecule has 0 aliphatic carbocycles. The van der Waals surface area contributed by atoms with Crippen molar-refractivity contribution in [3.05, 3.63) is 31.8 Å². The van der Waals surface area contributed by atoms with Gasteiger partial charge in [0, 0.05) is 11.0 Å². The van der Waals surface area contributed by atoms with E-state index in [0.29, 0.717) is 5.17 Å². The zero-order valence-electron chi connectivity index (χ0n) is 10.1. The Balaban J connectivity index is 2.03. The van der Waals surface area contributed by atoms with Gasteiger partial charge in [0.15, 0.2) is 5.17 Å². The largest absolute Gasteiger partial charge is 0.466 e. The number of carbonyl (C=O) groups excluding carboxylic acids is 2. The summed E-state index contributed by atoms with van der Waals surface area (Å²) in [7, 11) is 1.25. The van der Waals surface area contributed by atoms with E-state index in [9.17, 15) is 9.59 Å². The Bertz CT molecular complexity index is 637. The van der Waals surface area contributed by atoms with E-state index in [-0.39, 0.29) is 4.91 Å². The molecule has 1 aliphatic heterocycles. The zero-order chi connectivity index (χ0) is 14.5. The molecule has 0 saturated carbocycles. The summed E-state index contributed by atoms with van der Waals surface area (Å²) in [5.41, 5.74) is 0. The topological polar surface area (TPSA) is 80.1 Å². The van der Waals surface area contributed by atoms with Crippen molar-refractivity contribution < 1.29 is 14.3 Å². The second kappa shape index (κ2) is 6.82. The number of ether oxygens (including phenoxy) is 1. The fourth-order valence-electron chi connectivity index (χ4n) is 1.18. The van der Waals surface area contributed by atoms with Crippen molar-refractivity contribution in [2.75, 3.05) is 7.11 Å². The second-order valence-corrected chi connectivity index (χ2v) is 6.90. The zero-order valence-corrected chi connectivity index (χ0v) is 13.3. The summed E-state index contributed by atoms with van der Waals surface area (Å²) in [6.45, 7) is 0. The van der Waals surface area contributed by atoms with Gasteiger partial charge in [0.2, 0.25) is 0 Å². The molecule has 1 amide bonds. The van der Waals surface area contributed by atoms with Crippen LogP contribution in [0.3, 0.4) is 0 Å². The monoisotopic (exact) mass is 373 g/mol. The quantitative estimate of drug-likeness (QED) is 0.380. The Hall–Kier alpha value is -1.45. The first-order valence-corrected chi connectivity index (χ1v) is 7.66. The minimum absolute atomic E-state index is 0.227. The Morgan fingerprint density at radius 3 is 2.95 bits per heavy atom. The van der Waals surface area contributed by atoms with Crippen molar-refractivity contribution in [2.24, 2.45) is 10.2 Å². The van der Waals surface area contributed by atoms with Gasteiger partial charge in [0.1, 0.15) is 0 Å². The van der Waals surface area contributed by atoms with Crippen molar-refractivity contribution >= 4 is 62.3 Å². The average molecular weight is 374 g/mol. The van der Waals surface area contributed by atoms with Gasteiger partial charge in [-0.3, -0.25) is 10.1 Å². The van der Waals surface area contributed by atoms with E-state index < -0.39 is 11.9 Å². The molecular weight excluding hydrogens is 366 g/mol. The van der Waals surface area contributed by atoms with Crippen molar-refractivity contribution in [3.63, 3.8) is 0 Å². The smallest absolute Gasteiger partial charge is 0.331 e. The highest BCUT2D eigenvalue weighted by Crippen LogP contribution is 2.24. The molecule has 1 saturated heterocycles. The summed E-state index contributed by atoms with van der Waals surface area (Å²) in [4.78, 5) is 23.7. The third-order valence-corrected chi connectivity index (χ3v) is 4.49. The van der Waals surface area contributed by atoms with E-state index in [0.717, 1.165) is 26.5 Å². The number of thioether (sulfide) groups is 1. The van der Waals surface area contributed by atoms with Crippen molar-refractivity contribution in [1.29, 1.82) is 0 Å². The van der Waals surface area contributed by atoms with E-state index >= 15 is 0 Å². The van der Waals surface area contributed by atoms with E-state index in [4.69, 9.17) is 0 Å². The molecule has 0 unspecified atom stereocenters. The van der Waals surface area contributed by atoms with Gasteiger partial charge < -0.3 is 4.74 Å². The van der Waals surface area contributed by atoms with Gasteiger partial charge in [-0.25, -0.2) is 4.79 Å². The lowest BCUT2D eigenvalue weighted by atomic mass is 10.4. The molecule has 1 aliphatic rings. The summed E-state index contributed by atoms with van der Waals surface area (Å²) >= 11 is 5.89. The normalized spacial score (nSPS) is 19.0. The molecule has 1 fully saturated rings. The van der Waals surface area contributed by atoms with Crippen molar-refractivity contribution in [3.8, 4) is 0 Å². The lowest BCUT2D eigenvalue weighted by molar-refractivity contribution is -0.135. The van der Waals surface area contributed by atoms with Crippen LogP contribution in [0.15, 0.2) is 37.1 Å². The Morgan fingerprint density at radius 2 is 2.30 bits per heavy atom. The van der Waals surface area contributed by atoms with Crippen LogP contribution >= 0.6 is 39.0 Å². The second-order valence-electron chi connectivity index (χ2n) is 3.38. The van der Waals surface area contributed by atoms with Crippen LogP contribution in [0.2, 0.25) is 0 Å². The molecule has 1 aromatic rings. The number of hydrogen-bond acceptors (Lipinski definition) is 7. The first-order chi connectivity index (χ1) is 9.58. The van der Waals surface area contributed by atoms with E-state index in [1.54, 1.807) is 6.21 Å². The van der Waals surface area contributed by atoms with Crippen LogP contribution in [0, 0.1) is 0 Å². The number of amides is 1. The summed E-state index contributed by atoms with van der Waals surface area (Å²) in [5, 5.41) is 10.6. The van der Waals surface area contributed by atoms with E-state index in [1.807, 2.05) is 12.1 Å². The SMILES string of the molecule is COC(=O)/C=C1\S/C(=N/N=C/c2ccc(Br)s2)NC1=O. The molecule has 6 nitrogen and oxygen atoms in total. The fourth-order valence-corrected chi connectivity index (χ4v) is 3.21. The number of halogens is 1. The van der Waals surface area contributed by atoms with E-state index in [2.05, 4.69) is 36.2 Å². The molecule has 2 rings (SSSR count). The van der Waals surface area contributed by atoms with Crippen LogP contribution < -0.4 is 5.32 Å². The molecule has 9 heteroatoms. The molecule has 0 bridgehead atoms. The van der Waals surface area contributed by atoms with Gasteiger partial charge in [0.05, 0.1) is 22.0 Å². The fraction of sp³-hybridized carbons (Fsp3) is 0.0909. The van der Waals surface area contributed by atoms with E-state index in [1.165, 1.54) is 18.4 Å². The number of esters is 1. The standard InChI is InChI=1S/C11H8BrN3O3S2/c1-18-9(16)4-7-10(17)14-11(20-7)15-13-5-6-2-3-8(12)19-6/h2-5H,1H3,(H,14,15,17)/b7-4-,13-5+. The molecule has 104 valence electrons. The number of nitrogens with zero attached hydrogens (tertiary/aromatic N) is 2. The van der Waals surface area contributed by atoms with Crippen LogP contribution in [0.25, 0.3) is 0 Å². The van der Waals surface area contributed by atoms with Crippen molar-refractivity contribution in [1.82, 2.24) is 5.32 Å². The molecule has 0 atom stereocenters. The lowest BCUT2D eigenvalue weighted by Crippen LogP contribution is -2.19. The van der Waals surface area contributed by atoms with Crippen LogP contribution in [0.5, 0.6) is 0 Å². The molecular formula is C11H8BrN3O3S2. The molecule has 0 radical (unpaired) electrons. The highest BCUT2D eigenvalue weighted by Gasteiger charge is 2.24. The molecule has 1 aromatic heterocycles. The number of rotatable bonds is 3. The Labute approximate surface area is 131 Å². The first kappa shape index (κ1) is 14.9. The Kier molecular flexibility index (Phi) is 5.10. The highest BCUT2D eigenvalue weighted by molar-refractivity contribution is 9.11. The number of thiophene rings is 1. The predicted octanol–water partition coefficient (Wildman–Crippen LogP) is 2.12. The maximum atomic E-state index is 11.5. The summed E-state index contributed by atoms with van der Waals surface area (Å²) in [6.07, 6.45) is 2.69. The lowest BCUT2D eigenvalue weighted by Gasteiger charge is -1.90. The summed E-state index contributed by atoms with van der Waals surface area (Å²) < 4.78 is 5.45. The average Bonchev–Trinajstić information content (AvgIpc) is 2.97. The maximum absolute atomic E-state index is 11.5. The minimum atomic E-state index is -0.587. The molecule has 0 spiro atoms. The van der Waals surface area contributed by atoms with Gasteiger partial charge >= 0.3 is 5.97 Å². The van der Waals surface area contributed by atoms with Crippen molar-refractivity contribution in [2.45, 2.75) is 0 Å². The molecule has 1 N–H and O–H groups in total. The maximum Gasteiger partial charge on any atom is 0.331 e. The van der Waals surface area contributed by atoms with Crippen LogP contribution in [0.4, 0.5) is 0 Å². The third kappa shape index (κ3) is 4.02. The Morgan fingerprint density at radius 1 is 1.50 bits per heavy atom. The first-order valence-electron chi connectivity index (χ1n) is 5.23. The molecule has 2 heterocycles. The number of methoxy groups -OCH3 is 1. The predicted molar refractivity (Wildman–Crippen MR) is 82.9 cm³/mol. The van der Waals surface area contributed by atoms with Crippen LogP contribution in [0.1, 0.15) is 4.88 Å². The number of carbonyl (C=O) groups is 2. The summed E-state index contributed by atoms with van der Waals surface area (Å²) in [5.74, 6) is -0.982. The van der Waals surface area contributed by atoms with Gasteiger partial charge in [-0.05, 0) is 39.8 Å². The highest BCUT2D eigenvalue weighted by atomic mass is 79.9. The number of amidine groups is 1. The van der Waals surface area contributed by atoms with Gasteiger partial charge in [-0.15, -0.1) is 16.4 Å². The number of nitrogens with one attached hydrogen (secondary N) is 1. The van der Waals surface area contributed by atoms with Gasteiger partial charge in [0.25, 0.3) is 5.91 Å². The van der Waals surface area contributed by atoms with Gasteiger partial charge in [-0.2, -0.15) is 5.10 Å². The van der Waals surface area contributed by atoms with Crippen LogP contribution in [-0.4, -0.2) is 30.4 Å². The minimum Gasteiger partial charge on any atom is -0.466 e. The van der Waals surface area contributed by atoms with Gasteiger partial charge in [-0.1, -0.05) is 0 Å². The molecule has 0 aromatic carbocycles. The summed E-state index contributed by atoms with van der Waals surface area (Å²) in [6, 6.07) is 3.80.